The molecular weight excluding hydrogens is 1150 g/mol. The number of carbonyl (C=O) groups excluding carboxylic acids is 1. The van der Waals surface area contributed by atoms with E-state index in [0.29, 0.717) is 19.3 Å². The second kappa shape index (κ2) is 70.0. The highest BCUT2D eigenvalue weighted by Crippen LogP contribution is 2.25. The van der Waals surface area contributed by atoms with Gasteiger partial charge in [-0.3, -0.25) is 4.79 Å². The van der Waals surface area contributed by atoms with Crippen LogP contribution in [-0.2, 0) is 14.3 Å². The van der Waals surface area contributed by atoms with Crippen LogP contribution in [0.15, 0.2) is 0 Å². The van der Waals surface area contributed by atoms with E-state index in [0.717, 1.165) is 38.5 Å². The third kappa shape index (κ3) is 56.0. The minimum absolute atomic E-state index is 0.268. The van der Waals surface area contributed by atoms with Gasteiger partial charge in [0, 0.05) is 0 Å². The average molecular weight is 1310 g/mol. The second-order valence-corrected chi connectivity index (χ2v) is 29.6. The van der Waals surface area contributed by atoms with Crippen molar-refractivity contribution < 1.29 is 50.0 Å². The first-order valence-corrected chi connectivity index (χ1v) is 41.4. The Morgan fingerprint density at radius 3 is 0.804 bits per heavy atom. The van der Waals surface area contributed by atoms with Gasteiger partial charge in [-0.2, -0.15) is 0 Å². The van der Waals surface area contributed by atoms with Crippen molar-refractivity contribution in [3.05, 3.63) is 0 Å². The molecule has 9 atom stereocenters. The Labute approximate surface area is 570 Å². The molecule has 0 bridgehead atoms. The highest BCUT2D eigenvalue weighted by molar-refractivity contribution is 5.80. The highest BCUT2D eigenvalue weighted by Gasteiger charge is 2.44. The van der Waals surface area contributed by atoms with E-state index in [2.05, 4.69) is 19.2 Å². The van der Waals surface area contributed by atoms with Crippen LogP contribution in [0.3, 0.4) is 0 Å². The summed E-state index contributed by atoms with van der Waals surface area (Å²) < 4.78 is 11.2. The van der Waals surface area contributed by atoms with E-state index in [9.17, 15) is 40.5 Å². The van der Waals surface area contributed by atoms with Crippen LogP contribution in [0.2, 0.25) is 0 Å². The molecule has 1 saturated heterocycles. The molecule has 11 heteroatoms. The van der Waals surface area contributed by atoms with Crippen LogP contribution in [0.25, 0.3) is 0 Å². The molecule has 9 unspecified atom stereocenters. The van der Waals surface area contributed by atoms with Crippen LogP contribution in [-0.4, -0.2) is 110 Å². The maximum atomic E-state index is 13.3. The molecule has 0 aromatic rings. The van der Waals surface area contributed by atoms with E-state index in [1.165, 1.54) is 366 Å². The third-order valence-corrected chi connectivity index (χ3v) is 20.7. The predicted octanol–water partition coefficient (Wildman–Crippen LogP) is 21.5. The average Bonchev–Trinajstić information content (AvgIpc) is 0.997. The lowest BCUT2D eigenvalue weighted by Crippen LogP contribution is -2.60. The number of nitrogens with one attached hydrogen (secondary N) is 1. The minimum atomic E-state index is -1.66. The van der Waals surface area contributed by atoms with E-state index in [1.54, 1.807) is 0 Å². The van der Waals surface area contributed by atoms with Gasteiger partial charge in [0.05, 0.1) is 25.4 Å². The fourth-order valence-corrected chi connectivity index (χ4v) is 14.1. The summed E-state index contributed by atoms with van der Waals surface area (Å²) >= 11 is 0. The molecule has 1 aliphatic rings. The van der Waals surface area contributed by atoms with E-state index in [-0.39, 0.29) is 6.42 Å². The molecule has 8 N–H and O–H groups in total. The molecular formula is C81H161NO10. The maximum Gasteiger partial charge on any atom is 0.249 e. The van der Waals surface area contributed by atoms with Crippen molar-refractivity contribution in [3.8, 4) is 0 Å². The minimum Gasteiger partial charge on any atom is -0.394 e. The van der Waals surface area contributed by atoms with E-state index < -0.39 is 74.2 Å². The van der Waals surface area contributed by atoms with Gasteiger partial charge in [-0.15, -0.1) is 0 Å². The Hall–Kier alpha value is -0.890. The van der Waals surface area contributed by atoms with Crippen LogP contribution < -0.4 is 5.32 Å². The summed E-state index contributed by atoms with van der Waals surface area (Å²) in [6.45, 7) is 3.55. The van der Waals surface area contributed by atoms with E-state index in [4.69, 9.17) is 9.47 Å². The van der Waals surface area contributed by atoms with Crippen molar-refractivity contribution in [2.45, 2.75) is 499 Å². The molecule has 0 radical (unpaired) electrons. The van der Waals surface area contributed by atoms with Gasteiger partial charge in [-0.1, -0.05) is 431 Å². The van der Waals surface area contributed by atoms with Crippen molar-refractivity contribution in [2.24, 2.45) is 0 Å². The van der Waals surface area contributed by atoms with Gasteiger partial charge in [-0.25, -0.2) is 0 Å². The normalized spacial score (nSPS) is 18.2. The first-order chi connectivity index (χ1) is 45.2. The molecule has 1 aliphatic heterocycles. The monoisotopic (exact) mass is 1310 g/mol. The molecule has 0 aromatic carbocycles. The summed E-state index contributed by atoms with van der Waals surface area (Å²) in [5.74, 6) is -0.685. The molecule has 1 amide bonds. The number of ether oxygens (including phenoxy) is 2. The second-order valence-electron chi connectivity index (χ2n) is 29.6. The molecule has 1 rings (SSSR count). The quantitative estimate of drug-likeness (QED) is 0.0272. The van der Waals surface area contributed by atoms with E-state index >= 15 is 0 Å². The van der Waals surface area contributed by atoms with Gasteiger partial charge in [-0.05, 0) is 12.8 Å². The number of carbonyl (C=O) groups is 1. The zero-order valence-electron chi connectivity index (χ0n) is 61.3. The number of aliphatic hydroxyl groups excluding tert-OH is 7. The van der Waals surface area contributed by atoms with Gasteiger partial charge in [0.15, 0.2) is 6.29 Å². The van der Waals surface area contributed by atoms with Crippen molar-refractivity contribution in [1.82, 2.24) is 5.32 Å². The van der Waals surface area contributed by atoms with Crippen LogP contribution in [0, 0.1) is 0 Å². The van der Waals surface area contributed by atoms with Crippen LogP contribution in [0.4, 0.5) is 0 Å². The predicted molar refractivity (Wildman–Crippen MR) is 390 cm³/mol. The summed E-state index contributed by atoms with van der Waals surface area (Å²) in [5.41, 5.74) is 0. The number of hydrogen-bond donors (Lipinski definition) is 8. The molecule has 0 spiro atoms. The molecule has 0 aliphatic carbocycles. The van der Waals surface area contributed by atoms with Gasteiger partial charge < -0.3 is 50.5 Å². The molecule has 1 heterocycles. The Kier molecular flexibility index (Phi) is 67.8. The largest absolute Gasteiger partial charge is 0.394 e. The lowest BCUT2D eigenvalue weighted by Gasteiger charge is -2.40. The molecule has 0 aromatic heterocycles. The lowest BCUT2D eigenvalue weighted by atomic mass is 9.98. The summed E-state index contributed by atoms with van der Waals surface area (Å²) in [5, 5.41) is 76.8. The van der Waals surface area contributed by atoms with Gasteiger partial charge in [0.2, 0.25) is 5.91 Å². The van der Waals surface area contributed by atoms with Crippen molar-refractivity contribution in [2.75, 3.05) is 13.2 Å². The highest BCUT2D eigenvalue weighted by atomic mass is 16.7. The Bertz CT molecular complexity index is 1460. The van der Waals surface area contributed by atoms with Crippen LogP contribution >= 0.6 is 0 Å². The number of hydrogen-bond acceptors (Lipinski definition) is 10. The number of aliphatic hydroxyl groups is 7. The third-order valence-electron chi connectivity index (χ3n) is 20.7. The Morgan fingerprint density at radius 2 is 0.565 bits per heavy atom. The first kappa shape index (κ1) is 89.1. The maximum absolute atomic E-state index is 13.3. The standard InChI is InChI=1S/C81H161NO10/c1-3-5-7-9-11-13-15-17-19-21-23-25-27-29-31-32-33-34-35-36-37-38-39-40-41-43-45-47-49-51-53-55-57-59-61-63-65-67-69-74(85)80(90)82-72(71-91-81-79(89)78(88)77(87)75(70-83)92-81)76(86)73(84)68-66-64-62-60-58-56-54-52-50-48-46-44-42-30-28-26-24-22-20-18-16-14-12-10-8-6-4-2/h72-79,81,83-89H,3-71H2,1-2H3,(H,82,90). The summed E-state index contributed by atoms with van der Waals surface area (Å²) in [6, 6.07) is -1.17. The van der Waals surface area contributed by atoms with Gasteiger partial charge in [0.1, 0.15) is 36.6 Å². The lowest BCUT2D eigenvalue weighted by molar-refractivity contribution is -0.303. The van der Waals surface area contributed by atoms with Crippen LogP contribution in [0.1, 0.15) is 444 Å². The smallest absolute Gasteiger partial charge is 0.249 e. The van der Waals surface area contributed by atoms with Gasteiger partial charge >= 0.3 is 0 Å². The Balaban J connectivity index is 2.09. The molecule has 92 heavy (non-hydrogen) atoms. The SMILES string of the molecule is CCCCCCCCCCCCCCCCCCCCCCCCCCCCCCCCCCCCCCCCC(O)C(=O)NC(COC1OC(CO)C(O)C(O)C1O)C(O)C(O)CCCCCCCCCCCCCCCCCCCCCCCCCCCCC. The fraction of sp³-hybridized carbons (Fsp3) is 0.988. The summed E-state index contributed by atoms with van der Waals surface area (Å²) in [4.78, 5) is 13.3. The zero-order valence-corrected chi connectivity index (χ0v) is 61.3. The molecule has 1 fully saturated rings. The Morgan fingerprint density at radius 1 is 0.337 bits per heavy atom. The van der Waals surface area contributed by atoms with Crippen LogP contribution in [0.5, 0.6) is 0 Å². The molecule has 11 nitrogen and oxygen atoms in total. The number of amides is 1. The number of rotatable bonds is 75. The molecule has 550 valence electrons. The molecule has 0 saturated carbocycles. The topological polar surface area (TPSA) is 189 Å². The summed E-state index contributed by atoms with van der Waals surface area (Å²) in [6.07, 6.45) is 76.6. The number of unbranched alkanes of at least 4 members (excludes halogenated alkanes) is 63. The van der Waals surface area contributed by atoms with Crippen molar-refractivity contribution in [1.29, 1.82) is 0 Å². The van der Waals surface area contributed by atoms with Crippen molar-refractivity contribution in [3.63, 3.8) is 0 Å². The summed E-state index contributed by atoms with van der Waals surface area (Å²) in [7, 11) is 0. The van der Waals surface area contributed by atoms with Gasteiger partial charge in [0.25, 0.3) is 0 Å². The first-order valence-electron chi connectivity index (χ1n) is 41.4. The fourth-order valence-electron chi connectivity index (χ4n) is 14.1. The van der Waals surface area contributed by atoms with E-state index in [1.807, 2.05) is 0 Å². The van der Waals surface area contributed by atoms with Crippen molar-refractivity contribution >= 4 is 5.91 Å². The zero-order chi connectivity index (χ0) is 66.7.